The molecule has 0 aliphatic carbocycles. The Hall–Kier alpha value is -1.03. The number of aromatic nitrogens is 3. The SMILES string of the molecule is SCCCCCCCCCCCn1nnc2ccccc21. The maximum atomic E-state index is 4.24. The molecule has 3 nitrogen and oxygen atoms in total. The van der Waals surface area contributed by atoms with Gasteiger partial charge in [0.05, 0.1) is 5.52 Å². The third-order valence-corrected chi connectivity index (χ3v) is 4.26. The first-order chi connectivity index (χ1) is 10.4. The maximum Gasteiger partial charge on any atom is 0.113 e. The van der Waals surface area contributed by atoms with Gasteiger partial charge in [-0.1, -0.05) is 62.3 Å². The summed E-state index contributed by atoms with van der Waals surface area (Å²) in [5.41, 5.74) is 2.15. The highest BCUT2D eigenvalue weighted by Gasteiger charge is 2.02. The van der Waals surface area contributed by atoms with E-state index in [4.69, 9.17) is 0 Å². The number of hydrogen-bond donors (Lipinski definition) is 1. The van der Waals surface area contributed by atoms with E-state index in [-0.39, 0.29) is 0 Å². The lowest BCUT2D eigenvalue weighted by Gasteiger charge is -2.03. The second-order valence-electron chi connectivity index (χ2n) is 5.71. The molecule has 4 heteroatoms. The van der Waals surface area contributed by atoms with Gasteiger partial charge in [-0.25, -0.2) is 4.68 Å². The van der Waals surface area contributed by atoms with Crippen molar-refractivity contribution >= 4 is 23.7 Å². The number of hydrogen-bond acceptors (Lipinski definition) is 3. The average molecular weight is 305 g/mol. The smallest absolute Gasteiger partial charge is 0.113 e. The lowest BCUT2D eigenvalue weighted by atomic mass is 10.1. The maximum absolute atomic E-state index is 4.24. The van der Waals surface area contributed by atoms with Crippen LogP contribution >= 0.6 is 12.6 Å². The van der Waals surface area contributed by atoms with Crippen LogP contribution < -0.4 is 0 Å². The predicted octanol–water partition coefficient (Wildman–Crippen LogP) is 4.87. The van der Waals surface area contributed by atoms with Gasteiger partial charge < -0.3 is 0 Å². The standard InChI is InChI=1S/C17H27N3S/c21-15-11-7-5-3-1-2-4-6-10-14-20-17-13-9-8-12-16(17)18-19-20/h8-9,12-13,21H,1-7,10-11,14-15H2. The van der Waals surface area contributed by atoms with E-state index in [1.54, 1.807) is 0 Å². The molecule has 0 spiro atoms. The Labute approximate surface area is 133 Å². The monoisotopic (exact) mass is 305 g/mol. The Morgan fingerprint density at radius 3 is 2.14 bits per heavy atom. The molecule has 0 radical (unpaired) electrons. The van der Waals surface area contributed by atoms with Crippen molar-refractivity contribution in [1.82, 2.24) is 15.0 Å². The van der Waals surface area contributed by atoms with Gasteiger partial charge in [-0.3, -0.25) is 0 Å². The van der Waals surface area contributed by atoms with Crippen LogP contribution in [0.4, 0.5) is 0 Å². The second kappa shape index (κ2) is 9.82. The summed E-state index contributed by atoms with van der Waals surface area (Å²) in [4.78, 5) is 0. The molecule has 2 rings (SSSR count). The molecular formula is C17H27N3S. The fourth-order valence-electron chi connectivity index (χ4n) is 2.69. The van der Waals surface area contributed by atoms with Crippen LogP contribution in [-0.4, -0.2) is 20.7 Å². The van der Waals surface area contributed by atoms with E-state index in [9.17, 15) is 0 Å². The zero-order valence-electron chi connectivity index (χ0n) is 12.9. The van der Waals surface area contributed by atoms with Gasteiger partial charge >= 0.3 is 0 Å². The molecular weight excluding hydrogens is 278 g/mol. The molecule has 21 heavy (non-hydrogen) atoms. The van der Waals surface area contributed by atoms with Gasteiger partial charge in [0.1, 0.15) is 5.52 Å². The van der Waals surface area contributed by atoms with Crippen LogP contribution in [0.3, 0.4) is 0 Å². The van der Waals surface area contributed by atoms with E-state index in [1.165, 1.54) is 57.8 Å². The van der Waals surface area contributed by atoms with Crippen LogP contribution in [-0.2, 0) is 6.54 Å². The van der Waals surface area contributed by atoms with Crippen LogP contribution in [0.15, 0.2) is 24.3 Å². The lowest BCUT2D eigenvalue weighted by molar-refractivity contribution is 0.517. The highest BCUT2D eigenvalue weighted by molar-refractivity contribution is 7.80. The number of para-hydroxylation sites is 1. The minimum absolute atomic E-state index is 0.989. The molecule has 2 aromatic rings. The molecule has 0 saturated carbocycles. The van der Waals surface area contributed by atoms with E-state index in [1.807, 2.05) is 16.8 Å². The minimum Gasteiger partial charge on any atom is -0.245 e. The normalized spacial score (nSPS) is 11.3. The first kappa shape index (κ1) is 16.3. The summed E-state index contributed by atoms with van der Waals surface area (Å²) >= 11 is 4.24. The quantitative estimate of drug-likeness (QED) is 0.474. The third-order valence-electron chi connectivity index (χ3n) is 3.95. The molecule has 0 unspecified atom stereocenters. The van der Waals surface area contributed by atoms with Gasteiger partial charge in [-0.05, 0) is 30.7 Å². The van der Waals surface area contributed by atoms with Crippen molar-refractivity contribution in [1.29, 1.82) is 0 Å². The number of thiol groups is 1. The van der Waals surface area contributed by atoms with Gasteiger partial charge in [-0.2, -0.15) is 12.6 Å². The molecule has 0 fully saturated rings. The Balaban J connectivity index is 1.52. The summed E-state index contributed by atoms with van der Waals surface area (Å²) in [6.07, 6.45) is 12.0. The molecule has 1 aromatic carbocycles. The van der Waals surface area contributed by atoms with Crippen LogP contribution in [0.1, 0.15) is 57.8 Å². The largest absolute Gasteiger partial charge is 0.245 e. The Kier molecular flexibility index (Phi) is 7.65. The summed E-state index contributed by atoms with van der Waals surface area (Å²) in [5, 5.41) is 8.42. The van der Waals surface area contributed by atoms with Gasteiger partial charge in [0.15, 0.2) is 0 Å². The number of rotatable bonds is 11. The summed E-state index contributed by atoms with van der Waals surface area (Å²) in [5.74, 6) is 1.04. The summed E-state index contributed by atoms with van der Waals surface area (Å²) < 4.78 is 2.03. The highest BCUT2D eigenvalue weighted by atomic mass is 32.1. The zero-order chi connectivity index (χ0) is 14.8. The minimum atomic E-state index is 0.989. The summed E-state index contributed by atoms with van der Waals surface area (Å²) in [7, 11) is 0. The predicted molar refractivity (Wildman–Crippen MR) is 92.9 cm³/mol. The lowest BCUT2D eigenvalue weighted by Crippen LogP contribution is -2.00. The number of aryl methyl sites for hydroxylation is 1. The average Bonchev–Trinajstić information content (AvgIpc) is 2.92. The molecule has 0 saturated heterocycles. The molecule has 116 valence electrons. The van der Waals surface area contributed by atoms with E-state index in [2.05, 4.69) is 35.1 Å². The molecule has 0 aliphatic heterocycles. The van der Waals surface area contributed by atoms with E-state index in [0.29, 0.717) is 0 Å². The van der Waals surface area contributed by atoms with Gasteiger partial charge in [-0.15, -0.1) is 5.10 Å². The molecule has 0 aliphatic rings. The van der Waals surface area contributed by atoms with E-state index < -0.39 is 0 Å². The number of nitrogens with zero attached hydrogens (tertiary/aromatic N) is 3. The van der Waals surface area contributed by atoms with Crippen molar-refractivity contribution < 1.29 is 0 Å². The van der Waals surface area contributed by atoms with Crippen molar-refractivity contribution in [2.45, 2.75) is 64.3 Å². The summed E-state index contributed by atoms with van der Waals surface area (Å²) in [6, 6.07) is 8.18. The Morgan fingerprint density at radius 2 is 1.43 bits per heavy atom. The van der Waals surface area contributed by atoms with Gasteiger partial charge in [0.25, 0.3) is 0 Å². The number of benzene rings is 1. The number of fused-ring (bicyclic) bond motifs is 1. The van der Waals surface area contributed by atoms with Crippen molar-refractivity contribution in [2.75, 3.05) is 5.75 Å². The molecule has 0 N–H and O–H groups in total. The highest BCUT2D eigenvalue weighted by Crippen LogP contribution is 2.13. The zero-order valence-corrected chi connectivity index (χ0v) is 13.8. The van der Waals surface area contributed by atoms with Crippen molar-refractivity contribution in [2.24, 2.45) is 0 Å². The van der Waals surface area contributed by atoms with Crippen LogP contribution in [0.2, 0.25) is 0 Å². The molecule has 0 amide bonds. The molecule has 1 aromatic heterocycles. The van der Waals surface area contributed by atoms with E-state index >= 15 is 0 Å². The summed E-state index contributed by atoms with van der Waals surface area (Å²) in [6.45, 7) is 0.989. The van der Waals surface area contributed by atoms with Gasteiger partial charge in [0.2, 0.25) is 0 Å². The first-order valence-corrected chi connectivity index (χ1v) is 8.94. The molecule has 0 atom stereocenters. The fourth-order valence-corrected chi connectivity index (χ4v) is 2.92. The van der Waals surface area contributed by atoms with Crippen molar-refractivity contribution in [3.8, 4) is 0 Å². The first-order valence-electron chi connectivity index (χ1n) is 8.31. The number of unbranched alkanes of at least 4 members (excludes halogenated alkanes) is 8. The van der Waals surface area contributed by atoms with Crippen LogP contribution in [0.5, 0.6) is 0 Å². The van der Waals surface area contributed by atoms with E-state index in [0.717, 1.165) is 23.3 Å². The van der Waals surface area contributed by atoms with Crippen LogP contribution in [0, 0.1) is 0 Å². The Morgan fingerprint density at radius 1 is 0.810 bits per heavy atom. The Bertz CT molecular complexity index is 509. The second-order valence-corrected chi connectivity index (χ2v) is 6.15. The van der Waals surface area contributed by atoms with Crippen molar-refractivity contribution in [3.63, 3.8) is 0 Å². The van der Waals surface area contributed by atoms with Crippen molar-refractivity contribution in [3.05, 3.63) is 24.3 Å². The van der Waals surface area contributed by atoms with Gasteiger partial charge in [0, 0.05) is 6.54 Å². The fraction of sp³-hybridized carbons (Fsp3) is 0.647. The van der Waals surface area contributed by atoms with Crippen LogP contribution in [0.25, 0.3) is 11.0 Å². The molecule has 0 bridgehead atoms. The third kappa shape index (κ3) is 5.70. The molecule has 1 heterocycles. The topological polar surface area (TPSA) is 30.7 Å².